The third-order valence-electron chi connectivity index (χ3n) is 2.93. The second-order valence-corrected chi connectivity index (χ2v) is 4.42. The number of carboxylic acids is 1. The fourth-order valence-corrected chi connectivity index (χ4v) is 2.02. The van der Waals surface area contributed by atoms with E-state index in [1.807, 2.05) is 0 Å². The molecule has 0 bridgehead atoms. The predicted octanol–water partition coefficient (Wildman–Crippen LogP) is 3.30. The maximum Gasteiger partial charge on any atom is 0.337 e. The van der Waals surface area contributed by atoms with Crippen LogP contribution in [0.5, 0.6) is 0 Å². The molecule has 5 heteroatoms. The largest absolute Gasteiger partial charge is 0.478 e. The van der Waals surface area contributed by atoms with E-state index in [-0.39, 0.29) is 23.6 Å². The van der Waals surface area contributed by atoms with Crippen molar-refractivity contribution in [3.8, 4) is 0 Å². The van der Waals surface area contributed by atoms with Crippen molar-refractivity contribution in [3.63, 3.8) is 0 Å². The van der Waals surface area contributed by atoms with Crippen LogP contribution in [0.15, 0.2) is 42.5 Å². The number of hydrogen-bond acceptors (Lipinski definition) is 2. The second kappa shape index (κ2) is 5.69. The van der Waals surface area contributed by atoms with E-state index >= 15 is 0 Å². The molecular formula is C15H13F2NO2. The number of aromatic carboxylic acids is 1. The third-order valence-corrected chi connectivity index (χ3v) is 2.93. The Balaban J connectivity index is 2.31. The highest BCUT2D eigenvalue weighted by atomic mass is 19.1. The molecule has 0 aromatic heterocycles. The minimum atomic E-state index is -1.19. The van der Waals surface area contributed by atoms with Crippen LogP contribution in [-0.2, 0) is 6.54 Å². The highest BCUT2D eigenvalue weighted by Gasteiger charge is 2.17. The number of benzene rings is 2. The predicted molar refractivity (Wildman–Crippen MR) is 71.9 cm³/mol. The molecule has 3 nitrogen and oxygen atoms in total. The number of anilines is 1. The van der Waals surface area contributed by atoms with Crippen LogP contribution >= 0.6 is 0 Å². The van der Waals surface area contributed by atoms with Crippen molar-refractivity contribution >= 4 is 11.7 Å². The van der Waals surface area contributed by atoms with Crippen molar-refractivity contribution in [2.24, 2.45) is 0 Å². The molecule has 2 aromatic carbocycles. The van der Waals surface area contributed by atoms with Gasteiger partial charge in [-0.25, -0.2) is 13.6 Å². The van der Waals surface area contributed by atoms with Gasteiger partial charge in [-0.1, -0.05) is 18.2 Å². The number of para-hydroxylation sites is 1. The molecule has 0 aliphatic rings. The molecule has 0 atom stereocenters. The zero-order chi connectivity index (χ0) is 14.7. The van der Waals surface area contributed by atoms with Crippen molar-refractivity contribution in [1.82, 2.24) is 0 Å². The third kappa shape index (κ3) is 2.93. The molecule has 0 aliphatic heterocycles. The highest BCUT2D eigenvalue weighted by Crippen LogP contribution is 2.25. The smallest absolute Gasteiger partial charge is 0.337 e. The molecule has 0 aliphatic carbocycles. The molecule has 0 radical (unpaired) electrons. The molecule has 20 heavy (non-hydrogen) atoms. The molecule has 0 saturated carbocycles. The van der Waals surface area contributed by atoms with Crippen molar-refractivity contribution in [1.29, 1.82) is 0 Å². The Morgan fingerprint density at radius 3 is 2.40 bits per heavy atom. The summed E-state index contributed by atoms with van der Waals surface area (Å²) in [5, 5.41) is 9.10. The van der Waals surface area contributed by atoms with Crippen LogP contribution < -0.4 is 4.90 Å². The summed E-state index contributed by atoms with van der Waals surface area (Å²) in [7, 11) is 1.59. The Hall–Kier alpha value is -2.43. The van der Waals surface area contributed by atoms with Gasteiger partial charge in [0.25, 0.3) is 0 Å². The van der Waals surface area contributed by atoms with E-state index in [0.29, 0.717) is 0 Å². The van der Waals surface area contributed by atoms with Crippen molar-refractivity contribution in [3.05, 3.63) is 65.2 Å². The molecule has 0 saturated heterocycles. The fourth-order valence-electron chi connectivity index (χ4n) is 2.02. The van der Waals surface area contributed by atoms with E-state index in [9.17, 15) is 13.6 Å². The molecule has 104 valence electrons. The quantitative estimate of drug-likeness (QED) is 0.932. The molecule has 0 amide bonds. The van der Waals surface area contributed by atoms with Gasteiger partial charge in [0.15, 0.2) is 0 Å². The van der Waals surface area contributed by atoms with Gasteiger partial charge in [-0.2, -0.15) is 0 Å². The number of halogens is 2. The summed E-state index contributed by atoms with van der Waals surface area (Å²) >= 11 is 0. The summed E-state index contributed by atoms with van der Waals surface area (Å²) < 4.78 is 26.7. The van der Waals surface area contributed by atoms with Crippen molar-refractivity contribution < 1.29 is 18.7 Å². The van der Waals surface area contributed by atoms with Crippen LogP contribution in [0.4, 0.5) is 14.5 Å². The average molecular weight is 277 g/mol. The second-order valence-electron chi connectivity index (χ2n) is 4.42. The zero-order valence-electron chi connectivity index (χ0n) is 10.8. The van der Waals surface area contributed by atoms with Gasteiger partial charge in [-0.15, -0.1) is 0 Å². The Bertz CT molecular complexity index is 626. The van der Waals surface area contributed by atoms with E-state index in [0.717, 1.165) is 5.56 Å². The Morgan fingerprint density at radius 1 is 1.15 bits per heavy atom. The molecule has 0 fully saturated rings. The van der Waals surface area contributed by atoms with Crippen LogP contribution in [0.1, 0.15) is 15.9 Å². The first-order valence-corrected chi connectivity index (χ1v) is 5.96. The first-order valence-electron chi connectivity index (χ1n) is 5.96. The monoisotopic (exact) mass is 277 g/mol. The fraction of sp³-hybridized carbons (Fsp3) is 0.133. The zero-order valence-corrected chi connectivity index (χ0v) is 10.8. The van der Waals surface area contributed by atoms with E-state index in [1.165, 1.54) is 35.2 Å². The maximum absolute atomic E-state index is 13.9. The van der Waals surface area contributed by atoms with E-state index in [1.54, 1.807) is 19.2 Å². The number of nitrogens with zero attached hydrogens (tertiary/aromatic N) is 1. The number of rotatable bonds is 4. The summed E-state index contributed by atoms with van der Waals surface area (Å²) in [6.07, 6.45) is 0. The maximum atomic E-state index is 13.9. The van der Waals surface area contributed by atoms with Crippen molar-refractivity contribution in [2.75, 3.05) is 11.9 Å². The molecular weight excluding hydrogens is 264 g/mol. The average Bonchev–Trinajstić information content (AvgIpc) is 2.40. The standard InChI is InChI=1S/C15H13F2NO2/c1-18(9-10-5-7-11(16)8-6-10)14-12(15(19)20)3-2-4-13(14)17/h2-8H,9H2,1H3,(H,19,20). The molecule has 0 unspecified atom stereocenters. The molecule has 2 rings (SSSR count). The van der Waals surface area contributed by atoms with Gasteiger partial charge in [0, 0.05) is 13.6 Å². The Kier molecular flexibility index (Phi) is 3.98. The van der Waals surface area contributed by atoms with Crippen LogP contribution in [0.25, 0.3) is 0 Å². The number of carboxylic acid groups (broad SMARTS) is 1. The number of carbonyl (C=O) groups is 1. The molecule has 0 heterocycles. The van der Waals surface area contributed by atoms with Gasteiger partial charge in [0.1, 0.15) is 11.6 Å². The lowest BCUT2D eigenvalue weighted by atomic mass is 10.1. The van der Waals surface area contributed by atoms with Gasteiger partial charge in [-0.05, 0) is 29.8 Å². The summed E-state index contributed by atoms with van der Waals surface area (Å²) in [6, 6.07) is 9.68. The van der Waals surface area contributed by atoms with Crippen LogP contribution in [-0.4, -0.2) is 18.1 Å². The normalized spacial score (nSPS) is 10.3. The minimum absolute atomic E-state index is 0.0179. The van der Waals surface area contributed by atoms with E-state index in [2.05, 4.69) is 0 Å². The highest BCUT2D eigenvalue weighted by molar-refractivity contribution is 5.94. The van der Waals surface area contributed by atoms with Gasteiger partial charge >= 0.3 is 5.97 Å². The Morgan fingerprint density at radius 2 is 1.80 bits per heavy atom. The first-order chi connectivity index (χ1) is 9.49. The van der Waals surface area contributed by atoms with Gasteiger partial charge < -0.3 is 10.0 Å². The van der Waals surface area contributed by atoms with E-state index < -0.39 is 11.8 Å². The summed E-state index contributed by atoms with van der Waals surface area (Å²) in [5.74, 6) is -2.14. The van der Waals surface area contributed by atoms with Gasteiger partial charge in [0.2, 0.25) is 0 Å². The van der Waals surface area contributed by atoms with Crippen molar-refractivity contribution in [2.45, 2.75) is 6.54 Å². The lowest BCUT2D eigenvalue weighted by Gasteiger charge is -2.22. The van der Waals surface area contributed by atoms with Crippen LogP contribution in [0.2, 0.25) is 0 Å². The molecule has 2 aromatic rings. The van der Waals surface area contributed by atoms with Crippen LogP contribution in [0, 0.1) is 11.6 Å². The van der Waals surface area contributed by atoms with Crippen LogP contribution in [0.3, 0.4) is 0 Å². The molecule has 1 N–H and O–H groups in total. The molecule has 0 spiro atoms. The summed E-state index contributed by atoms with van der Waals surface area (Å²) in [5.41, 5.74) is 0.674. The summed E-state index contributed by atoms with van der Waals surface area (Å²) in [6.45, 7) is 0.279. The Labute approximate surface area is 115 Å². The minimum Gasteiger partial charge on any atom is -0.478 e. The SMILES string of the molecule is CN(Cc1ccc(F)cc1)c1c(F)cccc1C(=O)O. The number of hydrogen-bond donors (Lipinski definition) is 1. The summed E-state index contributed by atoms with van der Waals surface area (Å²) in [4.78, 5) is 12.6. The van der Waals surface area contributed by atoms with Gasteiger partial charge in [-0.3, -0.25) is 0 Å². The lowest BCUT2D eigenvalue weighted by Crippen LogP contribution is -2.20. The van der Waals surface area contributed by atoms with E-state index in [4.69, 9.17) is 5.11 Å². The topological polar surface area (TPSA) is 40.5 Å². The first kappa shape index (κ1) is 14.0. The van der Waals surface area contributed by atoms with Gasteiger partial charge in [0.05, 0.1) is 11.3 Å². The lowest BCUT2D eigenvalue weighted by molar-refractivity contribution is 0.0697.